The lowest BCUT2D eigenvalue weighted by Gasteiger charge is -2.33. The number of esters is 1. The quantitative estimate of drug-likeness (QED) is 0.656. The summed E-state index contributed by atoms with van der Waals surface area (Å²) in [7, 11) is 3.24. The molecule has 21 heavy (non-hydrogen) atoms. The summed E-state index contributed by atoms with van der Waals surface area (Å²) < 4.78 is 10.2. The van der Waals surface area contributed by atoms with E-state index in [4.69, 9.17) is 9.47 Å². The largest absolute Gasteiger partial charge is 0.468 e. The summed E-state index contributed by atoms with van der Waals surface area (Å²) in [6.45, 7) is 8.95. The maximum atomic E-state index is 11.9. The Morgan fingerprint density at radius 1 is 1.33 bits per heavy atom. The Bertz CT molecular complexity index is 304. The average Bonchev–Trinajstić information content (AvgIpc) is 2.48. The molecule has 0 aromatic carbocycles. The second-order valence-corrected chi connectivity index (χ2v) is 6.20. The first-order valence-corrected chi connectivity index (χ1v) is 8.10. The van der Waals surface area contributed by atoms with Gasteiger partial charge in [-0.3, -0.25) is 4.79 Å². The van der Waals surface area contributed by atoms with E-state index in [9.17, 15) is 4.79 Å². The number of carbonyl (C=O) groups is 1. The molecule has 1 saturated heterocycles. The minimum Gasteiger partial charge on any atom is -0.468 e. The van der Waals surface area contributed by atoms with Crippen molar-refractivity contribution in [1.82, 2.24) is 10.2 Å². The highest BCUT2D eigenvalue weighted by molar-refractivity contribution is 5.80. The monoisotopic (exact) mass is 300 g/mol. The molecular weight excluding hydrogens is 268 g/mol. The van der Waals surface area contributed by atoms with Gasteiger partial charge < -0.3 is 19.7 Å². The van der Waals surface area contributed by atoms with Gasteiger partial charge in [-0.15, -0.1) is 0 Å². The number of ether oxygens (including phenoxy) is 2. The van der Waals surface area contributed by atoms with Crippen LogP contribution in [0.15, 0.2) is 0 Å². The van der Waals surface area contributed by atoms with Crippen LogP contribution in [0.4, 0.5) is 0 Å². The molecule has 1 heterocycles. The highest BCUT2D eigenvalue weighted by atomic mass is 16.5. The molecule has 5 heteroatoms. The number of likely N-dealkylation sites (N-methyl/N-ethyl adjacent to an activating group) is 1. The summed E-state index contributed by atoms with van der Waals surface area (Å²) >= 11 is 0. The van der Waals surface area contributed by atoms with Crippen molar-refractivity contribution in [2.24, 2.45) is 5.92 Å². The number of piperidine rings is 1. The van der Waals surface area contributed by atoms with E-state index in [0.717, 1.165) is 45.6 Å². The first-order chi connectivity index (χ1) is 10.1. The van der Waals surface area contributed by atoms with Crippen molar-refractivity contribution in [2.75, 3.05) is 47.0 Å². The summed E-state index contributed by atoms with van der Waals surface area (Å²) in [5, 5.41) is 3.26. The number of nitrogens with one attached hydrogen (secondary N) is 1. The van der Waals surface area contributed by atoms with E-state index in [-0.39, 0.29) is 5.97 Å². The van der Waals surface area contributed by atoms with Crippen LogP contribution in [0, 0.1) is 5.92 Å². The number of nitrogens with zero attached hydrogens (tertiary/aromatic N) is 1. The van der Waals surface area contributed by atoms with E-state index in [0.29, 0.717) is 5.92 Å². The number of likely N-dealkylation sites (tertiary alicyclic amines) is 1. The number of methoxy groups -OCH3 is 2. The second-order valence-electron chi connectivity index (χ2n) is 6.20. The fraction of sp³-hybridized carbons (Fsp3) is 0.938. The standard InChI is InChI=1S/C16H32N2O3/c1-5-17-16(2,15(19)21-4)9-6-10-18-11-7-14(8-12-18)13-20-3/h14,17H,5-13H2,1-4H3. The van der Waals surface area contributed by atoms with Crippen LogP contribution in [0.5, 0.6) is 0 Å². The van der Waals surface area contributed by atoms with E-state index in [2.05, 4.69) is 10.2 Å². The predicted molar refractivity (Wildman–Crippen MR) is 84.4 cm³/mol. The van der Waals surface area contributed by atoms with Gasteiger partial charge in [-0.1, -0.05) is 6.92 Å². The Morgan fingerprint density at radius 3 is 2.52 bits per heavy atom. The predicted octanol–water partition coefficient (Wildman–Crippen LogP) is 1.67. The third-order valence-electron chi connectivity index (χ3n) is 4.46. The van der Waals surface area contributed by atoms with Crippen molar-refractivity contribution >= 4 is 5.97 Å². The van der Waals surface area contributed by atoms with Crippen molar-refractivity contribution in [3.63, 3.8) is 0 Å². The Labute approximate surface area is 129 Å². The molecular formula is C16H32N2O3. The van der Waals surface area contributed by atoms with Gasteiger partial charge >= 0.3 is 5.97 Å². The van der Waals surface area contributed by atoms with Crippen molar-refractivity contribution in [3.05, 3.63) is 0 Å². The van der Waals surface area contributed by atoms with E-state index < -0.39 is 5.54 Å². The average molecular weight is 300 g/mol. The topological polar surface area (TPSA) is 50.8 Å². The molecule has 0 saturated carbocycles. The number of hydrogen-bond acceptors (Lipinski definition) is 5. The molecule has 124 valence electrons. The van der Waals surface area contributed by atoms with Crippen molar-refractivity contribution in [1.29, 1.82) is 0 Å². The van der Waals surface area contributed by atoms with Crippen LogP contribution in [-0.2, 0) is 14.3 Å². The summed E-state index contributed by atoms with van der Waals surface area (Å²) in [4.78, 5) is 14.4. The lowest BCUT2D eigenvalue weighted by Crippen LogP contribution is -2.50. The van der Waals surface area contributed by atoms with E-state index in [1.54, 1.807) is 7.11 Å². The van der Waals surface area contributed by atoms with Crippen LogP contribution < -0.4 is 5.32 Å². The van der Waals surface area contributed by atoms with Gasteiger partial charge in [0.15, 0.2) is 0 Å². The van der Waals surface area contributed by atoms with Crippen LogP contribution >= 0.6 is 0 Å². The van der Waals surface area contributed by atoms with Crippen LogP contribution in [0.25, 0.3) is 0 Å². The van der Waals surface area contributed by atoms with E-state index >= 15 is 0 Å². The van der Waals surface area contributed by atoms with Crippen LogP contribution in [-0.4, -0.2) is 63.4 Å². The van der Waals surface area contributed by atoms with Crippen molar-refractivity contribution in [3.8, 4) is 0 Å². The molecule has 1 aliphatic rings. The van der Waals surface area contributed by atoms with Gasteiger partial charge in [0.05, 0.1) is 7.11 Å². The molecule has 0 bridgehead atoms. The minimum atomic E-state index is -0.558. The Morgan fingerprint density at radius 2 is 2.00 bits per heavy atom. The molecule has 0 aliphatic carbocycles. The molecule has 1 aliphatic heterocycles. The maximum Gasteiger partial charge on any atom is 0.325 e. The van der Waals surface area contributed by atoms with Gasteiger partial charge in [-0.2, -0.15) is 0 Å². The van der Waals surface area contributed by atoms with Crippen LogP contribution in [0.1, 0.15) is 39.5 Å². The Hall–Kier alpha value is -0.650. The highest BCUT2D eigenvalue weighted by Crippen LogP contribution is 2.19. The number of rotatable bonds is 9. The van der Waals surface area contributed by atoms with Gasteiger partial charge in [0, 0.05) is 13.7 Å². The fourth-order valence-electron chi connectivity index (χ4n) is 3.15. The lowest BCUT2D eigenvalue weighted by molar-refractivity contribution is -0.148. The lowest BCUT2D eigenvalue weighted by atomic mass is 9.94. The summed E-state index contributed by atoms with van der Waals surface area (Å²) in [5.41, 5.74) is -0.558. The van der Waals surface area contributed by atoms with Crippen LogP contribution in [0.2, 0.25) is 0 Å². The Balaban J connectivity index is 2.30. The molecule has 1 rings (SSSR count). The first kappa shape index (κ1) is 18.4. The fourth-order valence-corrected chi connectivity index (χ4v) is 3.15. The van der Waals surface area contributed by atoms with Crippen molar-refractivity contribution in [2.45, 2.75) is 45.1 Å². The zero-order valence-corrected chi connectivity index (χ0v) is 14.1. The Kier molecular flexibility index (Phi) is 8.22. The molecule has 0 spiro atoms. The second kappa shape index (κ2) is 9.38. The third kappa shape index (κ3) is 5.93. The molecule has 0 aromatic rings. The van der Waals surface area contributed by atoms with Gasteiger partial charge in [0.1, 0.15) is 5.54 Å². The highest BCUT2D eigenvalue weighted by Gasteiger charge is 2.33. The summed E-state index contributed by atoms with van der Waals surface area (Å²) in [6.07, 6.45) is 4.25. The number of hydrogen-bond donors (Lipinski definition) is 1. The van der Waals surface area contributed by atoms with Gasteiger partial charge in [-0.05, 0) is 64.7 Å². The number of carbonyl (C=O) groups excluding carboxylic acids is 1. The van der Waals surface area contributed by atoms with Gasteiger partial charge in [0.25, 0.3) is 0 Å². The van der Waals surface area contributed by atoms with E-state index in [1.807, 2.05) is 13.8 Å². The zero-order chi connectivity index (χ0) is 15.7. The van der Waals surface area contributed by atoms with Crippen molar-refractivity contribution < 1.29 is 14.3 Å². The summed E-state index contributed by atoms with van der Waals surface area (Å²) in [5.74, 6) is 0.552. The molecule has 0 amide bonds. The smallest absolute Gasteiger partial charge is 0.325 e. The molecule has 1 fully saturated rings. The maximum absolute atomic E-state index is 11.9. The molecule has 0 radical (unpaired) electrons. The summed E-state index contributed by atoms with van der Waals surface area (Å²) in [6, 6.07) is 0. The normalized spacial score (nSPS) is 20.2. The minimum absolute atomic E-state index is 0.164. The SMILES string of the molecule is CCNC(C)(CCCN1CCC(COC)CC1)C(=O)OC. The molecule has 0 aromatic heterocycles. The van der Waals surface area contributed by atoms with Crippen LogP contribution in [0.3, 0.4) is 0 Å². The first-order valence-electron chi connectivity index (χ1n) is 8.10. The molecule has 1 N–H and O–H groups in total. The van der Waals surface area contributed by atoms with Gasteiger partial charge in [0.2, 0.25) is 0 Å². The molecule has 1 atom stereocenters. The third-order valence-corrected chi connectivity index (χ3v) is 4.46. The van der Waals surface area contributed by atoms with E-state index in [1.165, 1.54) is 20.0 Å². The van der Waals surface area contributed by atoms with Gasteiger partial charge in [-0.25, -0.2) is 0 Å². The molecule has 5 nitrogen and oxygen atoms in total. The molecule has 1 unspecified atom stereocenters. The zero-order valence-electron chi connectivity index (χ0n) is 14.1.